The Morgan fingerprint density at radius 3 is 3.05 bits per heavy atom. The Bertz CT molecular complexity index is 778. The van der Waals surface area contributed by atoms with Crippen LogP contribution in [0.4, 0.5) is 10.2 Å². The Labute approximate surface area is 124 Å². The molecule has 21 heavy (non-hydrogen) atoms. The summed E-state index contributed by atoms with van der Waals surface area (Å²) in [6.45, 7) is 0. The molecule has 0 spiro atoms. The summed E-state index contributed by atoms with van der Waals surface area (Å²) in [5.74, 6) is 1.20. The third kappa shape index (κ3) is 2.50. The average molecular weight is 302 g/mol. The van der Waals surface area contributed by atoms with Crippen molar-refractivity contribution in [3.05, 3.63) is 46.4 Å². The molecule has 1 N–H and O–H groups in total. The smallest absolute Gasteiger partial charge is 0.256 e. The van der Waals surface area contributed by atoms with Gasteiger partial charge in [-0.15, -0.1) is 0 Å². The number of carbonyl (C=O) groups excluding carboxylic acids is 1. The lowest BCUT2D eigenvalue weighted by atomic mass is 10.1. The minimum atomic E-state index is -0.606. The average Bonchev–Trinajstić information content (AvgIpc) is 3.01. The molecule has 1 aromatic carbocycles. The fourth-order valence-corrected chi connectivity index (χ4v) is 3.30. The highest BCUT2D eigenvalue weighted by atomic mass is 32.2. The number of fused-ring (bicyclic) bond motifs is 1. The van der Waals surface area contributed by atoms with Crippen LogP contribution < -0.4 is 5.32 Å². The number of nitrogens with one attached hydrogen (secondary N) is 1. The first kappa shape index (κ1) is 13.6. The van der Waals surface area contributed by atoms with Crippen LogP contribution in [0.1, 0.15) is 27.2 Å². The quantitative estimate of drug-likeness (QED) is 0.925. The Kier molecular flexibility index (Phi) is 3.39. The van der Waals surface area contributed by atoms with Crippen LogP contribution >= 0.6 is 11.8 Å². The van der Waals surface area contributed by atoms with Crippen LogP contribution in [0.2, 0.25) is 0 Å². The van der Waals surface area contributed by atoms with E-state index in [1.807, 2.05) is 6.07 Å². The molecule has 1 aliphatic rings. The van der Waals surface area contributed by atoms with Crippen molar-refractivity contribution in [2.75, 3.05) is 5.32 Å². The molecule has 0 saturated heterocycles. The molecule has 106 valence electrons. The monoisotopic (exact) mass is 302 g/mol. The number of rotatable bonds is 2. The predicted molar refractivity (Wildman–Crippen MR) is 77.3 cm³/mol. The number of hydrogen-bond acceptors (Lipinski definition) is 4. The van der Waals surface area contributed by atoms with Gasteiger partial charge in [-0.1, -0.05) is 0 Å². The fourth-order valence-electron chi connectivity index (χ4n) is 2.26. The summed E-state index contributed by atoms with van der Waals surface area (Å²) < 4.78 is 15.0. The highest BCUT2D eigenvalue weighted by Crippen LogP contribution is 2.34. The molecule has 0 radical (unpaired) electrons. The van der Waals surface area contributed by atoms with Gasteiger partial charge < -0.3 is 5.32 Å². The van der Waals surface area contributed by atoms with Crippen molar-refractivity contribution in [1.82, 2.24) is 9.78 Å². The van der Waals surface area contributed by atoms with Gasteiger partial charge in [-0.05, 0) is 18.2 Å². The lowest BCUT2D eigenvalue weighted by Gasteiger charge is -2.08. The van der Waals surface area contributed by atoms with Crippen LogP contribution in [0.25, 0.3) is 0 Å². The second-order valence-corrected chi connectivity index (χ2v) is 5.67. The summed E-state index contributed by atoms with van der Waals surface area (Å²) in [5.41, 5.74) is 2.21. The summed E-state index contributed by atoms with van der Waals surface area (Å²) in [7, 11) is 1.75. The molecule has 7 heteroatoms. The number of anilines is 1. The molecule has 0 unspecified atom stereocenters. The summed E-state index contributed by atoms with van der Waals surface area (Å²) in [6.07, 6.45) is 0. The number of halogens is 1. The van der Waals surface area contributed by atoms with E-state index in [4.69, 9.17) is 5.26 Å². The third-order valence-corrected chi connectivity index (χ3v) is 4.21. The number of hydrogen-bond donors (Lipinski definition) is 1. The SMILES string of the molecule is Cn1nc2c(c1NC(=O)c1cc(F)cc(C#N)c1)CSC2. The maximum atomic E-state index is 13.4. The molecule has 0 bridgehead atoms. The number of carbonyl (C=O) groups is 1. The van der Waals surface area contributed by atoms with Crippen molar-refractivity contribution in [1.29, 1.82) is 5.26 Å². The van der Waals surface area contributed by atoms with E-state index in [0.717, 1.165) is 34.9 Å². The second kappa shape index (κ2) is 5.22. The molecule has 0 atom stereocenters. The highest BCUT2D eigenvalue weighted by molar-refractivity contribution is 7.98. The lowest BCUT2D eigenvalue weighted by Crippen LogP contribution is -2.16. The maximum absolute atomic E-state index is 13.4. The first-order chi connectivity index (χ1) is 10.1. The van der Waals surface area contributed by atoms with Crippen LogP contribution in [0.5, 0.6) is 0 Å². The van der Waals surface area contributed by atoms with Crippen LogP contribution in [0.15, 0.2) is 18.2 Å². The second-order valence-electron chi connectivity index (χ2n) is 4.68. The molecule has 1 aromatic heterocycles. The van der Waals surface area contributed by atoms with E-state index in [1.54, 1.807) is 23.5 Å². The van der Waals surface area contributed by atoms with Gasteiger partial charge in [0.15, 0.2) is 0 Å². The molecule has 0 aliphatic carbocycles. The molecule has 0 saturated carbocycles. The van der Waals surface area contributed by atoms with Crippen molar-refractivity contribution >= 4 is 23.5 Å². The van der Waals surface area contributed by atoms with Gasteiger partial charge in [0, 0.05) is 29.7 Å². The van der Waals surface area contributed by atoms with E-state index in [9.17, 15) is 9.18 Å². The normalized spacial score (nSPS) is 12.8. The lowest BCUT2D eigenvalue weighted by molar-refractivity contribution is 0.102. The van der Waals surface area contributed by atoms with Gasteiger partial charge in [-0.25, -0.2) is 4.39 Å². The van der Waals surface area contributed by atoms with Crippen LogP contribution in [0, 0.1) is 17.1 Å². The molecule has 2 heterocycles. The van der Waals surface area contributed by atoms with E-state index >= 15 is 0 Å². The molecule has 0 fully saturated rings. The molecule has 1 amide bonds. The highest BCUT2D eigenvalue weighted by Gasteiger charge is 2.23. The maximum Gasteiger partial charge on any atom is 0.256 e. The summed E-state index contributed by atoms with van der Waals surface area (Å²) in [6, 6.07) is 5.40. The van der Waals surface area contributed by atoms with Gasteiger partial charge in [-0.3, -0.25) is 9.48 Å². The van der Waals surface area contributed by atoms with Crippen LogP contribution in [0.3, 0.4) is 0 Å². The van der Waals surface area contributed by atoms with Crippen molar-refractivity contribution < 1.29 is 9.18 Å². The van der Waals surface area contributed by atoms with Crippen LogP contribution in [-0.2, 0) is 18.6 Å². The number of nitriles is 1. The van der Waals surface area contributed by atoms with Crippen molar-refractivity contribution in [2.45, 2.75) is 11.5 Å². The van der Waals surface area contributed by atoms with Crippen LogP contribution in [-0.4, -0.2) is 15.7 Å². The zero-order valence-corrected chi connectivity index (χ0v) is 12.0. The molecular formula is C14H11FN4OS. The zero-order chi connectivity index (χ0) is 15.0. The number of amides is 1. The Morgan fingerprint density at radius 2 is 2.29 bits per heavy atom. The van der Waals surface area contributed by atoms with Crippen molar-refractivity contribution in [3.8, 4) is 6.07 Å². The van der Waals surface area contributed by atoms with Gasteiger partial charge in [-0.2, -0.15) is 22.1 Å². The van der Waals surface area contributed by atoms with E-state index in [0.29, 0.717) is 5.82 Å². The summed E-state index contributed by atoms with van der Waals surface area (Å²) in [5, 5.41) is 15.9. The molecule has 3 rings (SSSR count). The first-order valence-electron chi connectivity index (χ1n) is 6.23. The number of aryl methyl sites for hydroxylation is 1. The minimum Gasteiger partial charge on any atom is -0.307 e. The molecular weight excluding hydrogens is 291 g/mol. The predicted octanol–water partition coefficient (Wildman–Crippen LogP) is 2.43. The number of thioether (sulfide) groups is 1. The number of nitrogens with zero attached hydrogens (tertiary/aromatic N) is 3. The number of aromatic nitrogens is 2. The van der Waals surface area contributed by atoms with Gasteiger partial charge in [0.25, 0.3) is 5.91 Å². The standard InChI is InChI=1S/C14H11FN4OS/c1-19-13(11-6-21-7-12(11)18-19)17-14(20)9-2-8(5-16)3-10(15)4-9/h2-4H,6-7H2,1H3,(H,17,20). The number of benzene rings is 1. The van der Waals surface area contributed by atoms with Gasteiger partial charge in [0.2, 0.25) is 0 Å². The first-order valence-corrected chi connectivity index (χ1v) is 7.38. The van der Waals surface area contributed by atoms with E-state index < -0.39 is 11.7 Å². The zero-order valence-electron chi connectivity index (χ0n) is 11.2. The largest absolute Gasteiger partial charge is 0.307 e. The Hall–Kier alpha value is -2.33. The Balaban J connectivity index is 1.91. The summed E-state index contributed by atoms with van der Waals surface area (Å²) >= 11 is 1.73. The molecule has 5 nitrogen and oxygen atoms in total. The van der Waals surface area contributed by atoms with Gasteiger partial charge in [0.05, 0.1) is 17.3 Å². The third-order valence-electron chi connectivity index (χ3n) is 3.23. The van der Waals surface area contributed by atoms with Gasteiger partial charge in [0.1, 0.15) is 11.6 Å². The van der Waals surface area contributed by atoms with Gasteiger partial charge >= 0.3 is 0 Å². The topological polar surface area (TPSA) is 70.7 Å². The van der Waals surface area contributed by atoms with E-state index in [2.05, 4.69) is 10.4 Å². The fraction of sp³-hybridized carbons (Fsp3) is 0.214. The molecule has 2 aromatic rings. The molecule has 1 aliphatic heterocycles. The van der Waals surface area contributed by atoms with Crippen molar-refractivity contribution in [3.63, 3.8) is 0 Å². The van der Waals surface area contributed by atoms with E-state index in [-0.39, 0.29) is 11.1 Å². The van der Waals surface area contributed by atoms with Crippen molar-refractivity contribution in [2.24, 2.45) is 7.05 Å². The minimum absolute atomic E-state index is 0.117. The summed E-state index contributed by atoms with van der Waals surface area (Å²) in [4.78, 5) is 12.2. The van der Waals surface area contributed by atoms with E-state index in [1.165, 1.54) is 6.07 Å². The Morgan fingerprint density at radius 1 is 1.48 bits per heavy atom.